The van der Waals surface area contributed by atoms with Crippen molar-refractivity contribution in [1.82, 2.24) is 9.97 Å². The lowest BCUT2D eigenvalue weighted by atomic mass is 10.0. The van der Waals surface area contributed by atoms with Crippen molar-refractivity contribution in [2.75, 3.05) is 0 Å². The second-order valence-electron chi connectivity index (χ2n) is 6.56. The van der Waals surface area contributed by atoms with Gasteiger partial charge in [0.05, 0.1) is 10.9 Å². The van der Waals surface area contributed by atoms with Gasteiger partial charge in [0.1, 0.15) is 17.2 Å². The fraction of sp³-hybridized carbons (Fsp3) is 0.0455. The third-order valence-corrected chi connectivity index (χ3v) is 4.84. The molecule has 2 N–H and O–H groups in total. The van der Waals surface area contributed by atoms with Crippen molar-refractivity contribution < 1.29 is 4.42 Å². The molecule has 0 spiro atoms. The first-order valence-corrected chi connectivity index (χ1v) is 8.56. The fourth-order valence-corrected chi connectivity index (χ4v) is 3.49. The standard InChI is InChI=1S/C22H14N4O/c1-12-6-8-13(9-7-12)17-10-15-14-4-2-3-5-18(14)27-22-19(15)20(25-17)16(11-23)21(24)26-22/h2-10,24-25H,1H3. The molecule has 0 saturated carbocycles. The van der Waals surface area contributed by atoms with Crippen LogP contribution in [0.5, 0.6) is 0 Å². The number of pyridine rings is 2. The van der Waals surface area contributed by atoms with Crippen molar-refractivity contribution in [2.24, 2.45) is 0 Å². The van der Waals surface area contributed by atoms with Crippen LogP contribution < -0.4 is 5.49 Å². The Morgan fingerprint density at radius 2 is 1.85 bits per heavy atom. The van der Waals surface area contributed by atoms with Crippen LogP contribution in [0.15, 0.2) is 59.0 Å². The number of hydrogen-bond acceptors (Lipinski definition) is 4. The van der Waals surface area contributed by atoms with E-state index in [0.717, 1.165) is 27.4 Å². The minimum absolute atomic E-state index is 0.0948. The lowest BCUT2D eigenvalue weighted by molar-refractivity contribution is 0.643. The van der Waals surface area contributed by atoms with Gasteiger partial charge in [-0.3, -0.25) is 5.41 Å². The normalized spacial score (nSPS) is 11.3. The van der Waals surface area contributed by atoms with Crippen molar-refractivity contribution in [3.63, 3.8) is 0 Å². The molecule has 3 heterocycles. The van der Waals surface area contributed by atoms with Crippen molar-refractivity contribution in [1.29, 1.82) is 10.7 Å². The maximum absolute atomic E-state index is 9.61. The number of nitrogens with one attached hydrogen (secondary N) is 2. The molecule has 0 radical (unpaired) electrons. The molecular weight excluding hydrogens is 336 g/mol. The van der Waals surface area contributed by atoms with Crippen molar-refractivity contribution >= 4 is 33.0 Å². The van der Waals surface area contributed by atoms with Crippen LogP contribution >= 0.6 is 0 Å². The average molecular weight is 350 g/mol. The van der Waals surface area contributed by atoms with Crippen LogP contribution in [0.2, 0.25) is 0 Å². The predicted octanol–water partition coefficient (Wildman–Crippen LogP) is 4.79. The first kappa shape index (κ1) is 15.4. The maximum atomic E-state index is 9.61. The zero-order valence-corrected chi connectivity index (χ0v) is 14.5. The average Bonchev–Trinajstić information content (AvgIpc) is 2.68. The van der Waals surface area contributed by atoms with Crippen LogP contribution in [0.1, 0.15) is 11.1 Å². The van der Waals surface area contributed by atoms with Gasteiger partial charge in [-0.2, -0.15) is 10.2 Å². The van der Waals surface area contributed by atoms with Gasteiger partial charge in [-0.05, 0) is 24.6 Å². The van der Waals surface area contributed by atoms with Gasteiger partial charge in [-0.15, -0.1) is 0 Å². The van der Waals surface area contributed by atoms with E-state index in [0.29, 0.717) is 16.8 Å². The highest BCUT2D eigenvalue weighted by Crippen LogP contribution is 2.34. The second kappa shape index (κ2) is 5.55. The van der Waals surface area contributed by atoms with E-state index < -0.39 is 0 Å². The highest BCUT2D eigenvalue weighted by molar-refractivity contribution is 6.17. The van der Waals surface area contributed by atoms with Crippen LogP contribution in [-0.4, -0.2) is 9.97 Å². The molecule has 128 valence electrons. The molecule has 0 aliphatic carbocycles. The molecule has 0 fully saturated rings. The number of H-pyrrole nitrogens is 1. The van der Waals surface area contributed by atoms with E-state index in [2.05, 4.69) is 34.2 Å². The highest BCUT2D eigenvalue weighted by atomic mass is 16.3. The molecular formula is C22H14N4O. The molecule has 0 bridgehead atoms. The number of aryl methyl sites for hydroxylation is 1. The lowest BCUT2D eigenvalue weighted by Crippen LogP contribution is -2.12. The zero-order chi connectivity index (χ0) is 18.5. The highest BCUT2D eigenvalue weighted by Gasteiger charge is 2.17. The molecule has 27 heavy (non-hydrogen) atoms. The van der Waals surface area contributed by atoms with Crippen molar-refractivity contribution in [3.8, 4) is 17.3 Å². The van der Waals surface area contributed by atoms with Crippen LogP contribution in [0.4, 0.5) is 0 Å². The Labute approximate surface area is 154 Å². The minimum Gasteiger partial charge on any atom is -0.438 e. The smallest absolute Gasteiger partial charge is 0.231 e. The van der Waals surface area contributed by atoms with E-state index in [1.165, 1.54) is 5.56 Å². The number of benzene rings is 2. The third kappa shape index (κ3) is 2.24. The van der Waals surface area contributed by atoms with Gasteiger partial charge >= 0.3 is 0 Å². The summed E-state index contributed by atoms with van der Waals surface area (Å²) in [4.78, 5) is 7.56. The van der Waals surface area contributed by atoms with Gasteiger partial charge in [0.2, 0.25) is 5.71 Å². The number of fused-ring (bicyclic) bond motifs is 2. The predicted molar refractivity (Wildman–Crippen MR) is 104 cm³/mol. The van der Waals surface area contributed by atoms with Gasteiger partial charge < -0.3 is 9.40 Å². The summed E-state index contributed by atoms with van der Waals surface area (Å²) in [6, 6.07) is 20.1. The summed E-state index contributed by atoms with van der Waals surface area (Å²) in [5.41, 5.74) is 4.82. The van der Waals surface area contributed by atoms with Crippen LogP contribution in [0.25, 0.3) is 44.2 Å². The summed E-state index contributed by atoms with van der Waals surface area (Å²) < 4.78 is 5.93. The number of aromatic amines is 1. The van der Waals surface area contributed by atoms with Gasteiger partial charge in [-0.25, -0.2) is 0 Å². The maximum Gasteiger partial charge on any atom is 0.231 e. The Morgan fingerprint density at radius 1 is 1.07 bits per heavy atom. The van der Waals surface area contributed by atoms with Gasteiger partial charge in [-0.1, -0.05) is 48.0 Å². The summed E-state index contributed by atoms with van der Waals surface area (Å²) >= 11 is 0. The minimum atomic E-state index is -0.0948. The molecule has 5 nitrogen and oxygen atoms in total. The summed E-state index contributed by atoms with van der Waals surface area (Å²) in [6.45, 7) is 2.04. The molecule has 2 aromatic carbocycles. The SMILES string of the molecule is Cc1ccc(-c2cc3c4ccccc4oc4nc(=N)c(C#N)c([nH]2)c43)cc1. The third-order valence-electron chi connectivity index (χ3n) is 4.84. The first-order chi connectivity index (χ1) is 13.2. The Morgan fingerprint density at radius 3 is 2.63 bits per heavy atom. The zero-order valence-electron chi connectivity index (χ0n) is 14.5. The van der Waals surface area contributed by atoms with E-state index in [1.807, 2.05) is 43.3 Å². The summed E-state index contributed by atoms with van der Waals surface area (Å²) in [6.07, 6.45) is 0. The fourth-order valence-electron chi connectivity index (χ4n) is 3.49. The number of rotatable bonds is 1. The van der Waals surface area contributed by atoms with Crippen molar-refractivity contribution in [3.05, 3.63) is 71.2 Å². The molecule has 0 unspecified atom stereocenters. The van der Waals surface area contributed by atoms with E-state index in [-0.39, 0.29) is 11.1 Å². The van der Waals surface area contributed by atoms with Gasteiger partial charge in [0.25, 0.3) is 0 Å². The van der Waals surface area contributed by atoms with Gasteiger partial charge in [0, 0.05) is 16.5 Å². The molecule has 5 heteroatoms. The van der Waals surface area contributed by atoms with Crippen LogP contribution in [0, 0.1) is 23.7 Å². The Balaban J connectivity index is 2.03. The Kier molecular flexibility index (Phi) is 3.15. The Bertz CT molecular complexity index is 1450. The number of hydrogen-bond donors (Lipinski definition) is 2. The molecule has 0 aliphatic rings. The van der Waals surface area contributed by atoms with Crippen LogP contribution in [0.3, 0.4) is 0 Å². The number of nitriles is 1. The molecule has 0 saturated heterocycles. The molecule has 5 rings (SSSR count). The Hall–Kier alpha value is -3.91. The molecule has 5 aromatic rings. The van der Waals surface area contributed by atoms with E-state index >= 15 is 0 Å². The molecule has 3 aromatic heterocycles. The number of aromatic nitrogens is 2. The van der Waals surface area contributed by atoms with E-state index in [4.69, 9.17) is 9.83 Å². The monoisotopic (exact) mass is 350 g/mol. The topological polar surface area (TPSA) is 89.5 Å². The molecule has 0 aliphatic heterocycles. The summed E-state index contributed by atoms with van der Waals surface area (Å²) in [7, 11) is 0. The first-order valence-electron chi connectivity index (χ1n) is 8.56. The van der Waals surface area contributed by atoms with Crippen LogP contribution in [-0.2, 0) is 0 Å². The van der Waals surface area contributed by atoms with E-state index in [9.17, 15) is 5.26 Å². The number of para-hydroxylation sites is 1. The lowest BCUT2D eigenvalue weighted by Gasteiger charge is -2.12. The summed E-state index contributed by atoms with van der Waals surface area (Å²) in [5, 5.41) is 20.4. The largest absolute Gasteiger partial charge is 0.438 e. The summed E-state index contributed by atoms with van der Waals surface area (Å²) in [5.74, 6) is 0. The van der Waals surface area contributed by atoms with E-state index in [1.54, 1.807) is 0 Å². The van der Waals surface area contributed by atoms with Crippen molar-refractivity contribution in [2.45, 2.75) is 6.92 Å². The van der Waals surface area contributed by atoms with Gasteiger partial charge in [0.15, 0.2) is 5.49 Å². The molecule has 0 amide bonds. The quantitative estimate of drug-likeness (QED) is 0.336. The molecule has 0 atom stereocenters. The second-order valence-corrected chi connectivity index (χ2v) is 6.56. The number of nitrogens with zero attached hydrogens (tertiary/aromatic N) is 2.